The molecule has 0 N–H and O–H groups in total. The zero-order valence-electron chi connectivity index (χ0n) is 18.7. The van der Waals surface area contributed by atoms with Crippen LogP contribution in [-0.4, -0.2) is 54.6 Å². The lowest BCUT2D eigenvalue weighted by molar-refractivity contribution is -0.136. The maximum atomic E-state index is 13.3. The third-order valence-corrected chi connectivity index (χ3v) is 6.09. The van der Waals surface area contributed by atoms with Crippen LogP contribution in [0.3, 0.4) is 0 Å². The SMILES string of the molecule is C=Cc1cccc(CC(C)CC2=CC=CCN(C(CS(C)(=O)=O)C(=O)C(C)C)C2=O)n1. The molecule has 0 radical (unpaired) electrons. The fourth-order valence-electron chi connectivity index (χ4n) is 3.65. The highest BCUT2D eigenvalue weighted by molar-refractivity contribution is 7.90. The standard InChI is InChI=1S/C24H32N2O4S/c1-6-20-11-9-12-21(25-20)15-18(4)14-19-10-7-8-13-26(24(19)28)22(16-31(5,29)30)23(27)17(2)3/h6-12,17-18,22H,1,13-16H2,2-5H3. The van der Waals surface area contributed by atoms with Gasteiger partial charge in [0.05, 0.1) is 11.4 Å². The largest absolute Gasteiger partial charge is 0.324 e. The van der Waals surface area contributed by atoms with Crippen molar-refractivity contribution >= 4 is 27.6 Å². The van der Waals surface area contributed by atoms with Gasteiger partial charge in [0.25, 0.3) is 5.91 Å². The van der Waals surface area contributed by atoms with Gasteiger partial charge in [0, 0.05) is 30.0 Å². The lowest BCUT2D eigenvalue weighted by atomic mass is 9.94. The van der Waals surface area contributed by atoms with Crippen LogP contribution in [0.1, 0.15) is 38.6 Å². The van der Waals surface area contributed by atoms with E-state index in [1.165, 1.54) is 4.90 Å². The summed E-state index contributed by atoms with van der Waals surface area (Å²) < 4.78 is 24.0. The van der Waals surface area contributed by atoms with E-state index in [1.54, 1.807) is 38.2 Å². The molecule has 0 fully saturated rings. The molecule has 0 saturated heterocycles. The first-order valence-electron chi connectivity index (χ1n) is 10.5. The minimum atomic E-state index is -3.45. The van der Waals surface area contributed by atoms with Crippen molar-refractivity contribution in [2.45, 2.75) is 39.7 Å². The number of sulfone groups is 1. The van der Waals surface area contributed by atoms with Crippen molar-refractivity contribution in [3.8, 4) is 0 Å². The number of nitrogens with zero attached hydrogens (tertiary/aromatic N) is 2. The monoisotopic (exact) mass is 444 g/mol. The molecule has 1 aliphatic heterocycles. The first kappa shape index (κ1) is 24.7. The number of Topliss-reactive ketones (excluding diaryl/α,β-unsaturated/α-hetero) is 1. The van der Waals surface area contributed by atoms with Crippen molar-refractivity contribution in [1.29, 1.82) is 0 Å². The Morgan fingerprint density at radius 1 is 1.26 bits per heavy atom. The predicted octanol–water partition coefficient (Wildman–Crippen LogP) is 3.26. The third kappa shape index (κ3) is 7.28. The summed E-state index contributed by atoms with van der Waals surface area (Å²) in [6, 6.07) is 4.77. The number of amides is 1. The molecule has 168 valence electrons. The summed E-state index contributed by atoms with van der Waals surface area (Å²) in [5.41, 5.74) is 2.29. The van der Waals surface area contributed by atoms with E-state index in [-0.39, 0.29) is 35.8 Å². The van der Waals surface area contributed by atoms with Gasteiger partial charge >= 0.3 is 0 Å². The van der Waals surface area contributed by atoms with Gasteiger partial charge in [-0.3, -0.25) is 14.6 Å². The molecule has 1 aliphatic rings. The molecule has 6 nitrogen and oxygen atoms in total. The van der Waals surface area contributed by atoms with Crippen LogP contribution in [0.25, 0.3) is 6.08 Å². The number of hydrogen-bond donors (Lipinski definition) is 0. The smallest absolute Gasteiger partial charge is 0.250 e. The predicted molar refractivity (Wildman–Crippen MR) is 124 cm³/mol. The van der Waals surface area contributed by atoms with Gasteiger partial charge in [-0.25, -0.2) is 8.42 Å². The van der Waals surface area contributed by atoms with Crippen molar-refractivity contribution in [3.63, 3.8) is 0 Å². The molecule has 2 unspecified atom stereocenters. The highest BCUT2D eigenvalue weighted by Gasteiger charge is 2.35. The fourth-order valence-corrected chi connectivity index (χ4v) is 4.57. The molecule has 31 heavy (non-hydrogen) atoms. The van der Waals surface area contributed by atoms with Crippen LogP contribution in [0, 0.1) is 11.8 Å². The second-order valence-corrected chi connectivity index (χ2v) is 10.7. The van der Waals surface area contributed by atoms with Gasteiger partial charge in [-0.15, -0.1) is 0 Å². The number of carbonyl (C=O) groups excluding carboxylic acids is 2. The lowest BCUT2D eigenvalue weighted by Crippen LogP contribution is -2.50. The van der Waals surface area contributed by atoms with Crippen LogP contribution < -0.4 is 0 Å². The molecule has 1 amide bonds. The summed E-state index contributed by atoms with van der Waals surface area (Å²) in [6.07, 6.45) is 9.33. The van der Waals surface area contributed by atoms with Crippen LogP contribution in [0.4, 0.5) is 0 Å². The van der Waals surface area contributed by atoms with Crippen LogP contribution in [0.2, 0.25) is 0 Å². The number of allylic oxidation sites excluding steroid dienone is 2. The summed E-state index contributed by atoms with van der Waals surface area (Å²) in [7, 11) is -3.45. The second-order valence-electron chi connectivity index (χ2n) is 8.51. The quantitative estimate of drug-likeness (QED) is 0.553. The van der Waals surface area contributed by atoms with Gasteiger partial charge in [-0.1, -0.05) is 51.6 Å². The minimum absolute atomic E-state index is 0.130. The van der Waals surface area contributed by atoms with Crippen molar-refractivity contribution < 1.29 is 18.0 Å². The van der Waals surface area contributed by atoms with Crippen molar-refractivity contribution in [3.05, 3.63) is 60.0 Å². The van der Waals surface area contributed by atoms with Crippen molar-refractivity contribution in [2.75, 3.05) is 18.6 Å². The molecule has 2 atom stereocenters. The van der Waals surface area contributed by atoms with E-state index in [0.29, 0.717) is 18.4 Å². The Kier molecular flexibility index (Phi) is 8.51. The van der Waals surface area contributed by atoms with Crippen LogP contribution in [-0.2, 0) is 25.8 Å². The Balaban J connectivity index is 2.21. The summed E-state index contributed by atoms with van der Waals surface area (Å²) in [4.78, 5) is 32.1. The molecule has 0 saturated carbocycles. The lowest BCUT2D eigenvalue weighted by Gasteiger charge is -2.31. The molecule has 0 aromatic carbocycles. The maximum absolute atomic E-state index is 13.3. The number of rotatable bonds is 10. The molecular weight excluding hydrogens is 412 g/mol. The highest BCUT2D eigenvalue weighted by atomic mass is 32.2. The van der Waals surface area contributed by atoms with E-state index in [2.05, 4.69) is 11.6 Å². The second kappa shape index (κ2) is 10.7. The fraction of sp³-hybridized carbons (Fsp3) is 0.458. The maximum Gasteiger partial charge on any atom is 0.250 e. The Morgan fingerprint density at radius 3 is 2.58 bits per heavy atom. The zero-order chi connectivity index (χ0) is 23.2. The van der Waals surface area contributed by atoms with E-state index in [9.17, 15) is 18.0 Å². The molecule has 0 aliphatic carbocycles. The van der Waals surface area contributed by atoms with Gasteiger partial charge in [0.2, 0.25) is 0 Å². The van der Waals surface area contributed by atoms with Crippen LogP contribution >= 0.6 is 0 Å². The molecule has 2 heterocycles. The Morgan fingerprint density at radius 2 is 1.97 bits per heavy atom. The summed E-state index contributed by atoms with van der Waals surface area (Å²) >= 11 is 0. The molecule has 0 bridgehead atoms. The van der Waals surface area contributed by atoms with Gasteiger partial charge in [0.1, 0.15) is 15.9 Å². The average molecular weight is 445 g/mol. The Bertz CT molecular complexity index is 993. The van der Waals surface area contributed by atoms with Crippen LogP contribution in [0.15, 0.2) is 48.6 Å². The van der Waals surface area contributed by atoms with Crippen molar-refractivity contribution in [1.82, 2.24) is 9.88 Å². The number of ketones is 1. The molecular formula is C24H32N2O4S. The van der Waals surface area contributed by atoms with Gasteiger partial charge in [0.15, 0.2) is 5.78 Å². The normalized spacial score (nSPS) is 16.6. The summed E-state index contributed by atoms with van der Waals surface area (Å²) in [5, 5.41) is 0. The summed E-state index contributed by atoms with van der Waals surface area (Å²) in [5.74, 6) is -1.14. The van der Waals surface area contributed by atoms with Gasteiger partial charge < -0.3 is 4.90 Å². The summed E-state index contributed by atoms with van der Waals surface area (Å²) in [6.45, 7) is 9.43. The minimum Gasteiger partial charge on any atom is -0.324 e. The van der Waals surface area contributed by atoms with E-state index in [1.807, 2.05) is 25.1 Å². The van der Waals surface area contributed by atoms with E-state index >= 15 is 0 Å². The van der Waals surface area contributed by atoms with E-state index in [0.717, 1.165) is 17.6 Å². The first-order valence-corrected chi connectivity index (χ1v) is 12.5. The molecule has 1 aromatic rings. The number of pyridine rings is 1. The van der Waals surface area contributed by atoms with E-state index in [4.69, 9.17) is 0 Å². The van der Waals surface area contributed by atoms with E-state index < -0.39 is 15.9 Å². The van der Waals surface area contributed by atoms with Gasteiger partial charge in [-0.05, 0) is 37.0 Å². The third-order valence-electron chi connectivity index (χ3n) is 5.17. The zero-order valence-corrected chi connectivity index (χ0v) is 19.6. The van der Waals surface area contributed by atoms with Gasteiger partial charge in [-0.2, -0.15) is 0 Å². The molecule has 1 aromatic heterocycles. The highest BCUT2D eigenvalue weighted by Crippen LogP contribution is 2.22. The number of hydrogen-bond acceptors (Lipinski definition) is 5. The average Bonchev–Trinajstić information content (AvgIpc) is 2.86. The number of aromatic nitrogens is 1. The van der Waals surface area contributed by atoms with Crippen molar-refractivity contribution in [2.24, 2.45) is 11.8 Å². The topological polar surface area (TPSA) is 84.4 Å². The first-order chi connectivity index (χ1) is 14.5. The molecule has 2 rings (SSSR count). The Labute approximate surface area is 185 Å². The Hall–Kier alpha value is -2.54. The number of carbonyl (C=O) groups is 2. The molecule has 7 heteroatoms. The molecule has 0 spiro atoms. The van der Waals surface area contributed by atoms with Crippen LogP contribution in [0.5, 0.6) is 0 Å².